The van der Waals surface area contributed by atoms with Crippen molar-refractivity contribution in [3.63, 3.8) is 0 Å². The molecule has 3 N–H and O–H groups in total. The predicted molar refractivity (Wildman–Crippen MR) is 155 cm³/mol. The molecule has 3 heterocycles. The van der Waals surface area contributed by atoms with E-state index in [0.717, 1.165) is 30.7 Å². The van der Waals surface area contributed by atoms with Gasteiger partial charge in [-0.05, 0) is 67.0 Å². The highest BCUT2D eigenvalue weighted by Gasteiger charge is 2.28. The maximum Gasteiger partial charge on any atom is 0.258 e. The van der Waals surface area contributed by atoms with Gasteiger partial charge in [-0.2, -0.15) is 0 Å². The highest BCUT2D eigenvalue weighted by Crippen LogP contribution is 2.37. The summed E-state index contributed by atoms with van der Waals surface area (Å²) in [6, 6.07) is 5.65. The number of amides is 1. The van der Waals surface area contributed by atoms with Crippen molar-refractivity contribution >= 4 is 42.1 Å². The van der Waals surface area contributed by atoms with Crippen LogP contribution in [0.15, 0.2) is 42.7 Å². The van der Waals surface area contributed by atoms with Crippen LogP contribution in [-0.2, 0) is 4.74 Å². The van der Waals surface area contributed by atoms with Gasteiger partial charge in [0, 0.05) is 38.5 Å². The number of carbonyl (C=O) groups is 1. The van der Waals surface area contributed by atoms with Crippen molar-refractivity contribution < 1.29 is 27.1 Å². The third-order valence-electron chi connectivity index (χ3n) is 7.42. The van der Waals surface area contributed by atoms with E-state index in [1.54, 1.807) is 12.3 Å². The average Bonchev–Trinajstić information content (AvgIpc) is 2.90. The van der Waals surface area contributed by atoms with E-state index in [2.05, 4.69) is 17.2 Å². The van der Waals surface area contributed by atoms with Crippen molar-refractivity contribution in [3.8, 4) is 11.1 Å². The van der Waals surface area contributed by atoms with Crippen molar-refractivity contribution in [2.75, 3.05) is 36.5 Å². The van der Waals surface area contributed by atoms with Crippen LogP contribution in [-0.4, -0.2) is 43.2 Å². The zero-order chi connectivity index (χ0) is 27.7. The smallest absolute Gasteiger partial charge is 0.258 e. The van der Waals surface area contributed by atoms with Crippen LogP contribution in [0.2, 0.25) is 0 Å². The summed E-state index contributed by atoms with van der Waals surface area (Å²) < 4.78 is 66.2. The first-order valence-electron chi connectivity index (χ1n) is 13.0. The van der Waals surface area contributed by atoms with Crippen molar-refractivity contribution in [1.82, 2.24) is 4.98 Å². The van der Waals surface area contributed by atoms with Gasteiger partial charge in [0.25, 0.3) is 5.91 Å². The number of pyridine rings is 1. The van der Waals surface area contributed by atoms with Crippen LogP contribution < -0.4 is 16.0 Å². The molecule has 2 atom stereocenters. The molecule has 1 aromatic heterocycles. The molecule has 5 rings (SSSR count). The second-order valence-electron chi connectivity index (χ2n) is 10.4. The lowest BCUT2D eigenvalue weighted by molar-refractivity contribution is 0.0852. The molecular formula is C29H32Cl2F4N4O2. The van der Waals surface area contributed by atoms with Crippen LogP contribution >= 0.6 is 24.8 Å². The van der Waals surface area contributed by atoms with Gasteiger partial charge in [0.2, 0.25) is 0 Å². The molecule has 0 saturated carbocycles. The van der Waals surface area contributed by atoms with E-state index >= 15 is 13.2 Å². The minimum atomic E-state index is -1.36. The van der Waals surface area contributed by atoms with Gasteiger partial charge < -0.3 is 20.7 Å². The Bertz CT molecular complexity index is 1360. The molecule has 0 aliphatic carbocycles. The summed E-state index contributed by atoms with van der Waals surface area (Å²) in [7, 11) is 0. The third kappa shape index (κ3) is 6.94. The molecule has 2 saturated heterocycles. The summed E-state index contributed by atoms with van der Waals surface area (Å²) >= 11 is 0. The summed E-state index contributed by atoms with van der Waals surface area (Å²) in [4.78, 5) is 19.3. The number of rotatable bonds is 5. The van der Waals surface area contributed by atoms with Crippen LogP contribution in [0.4, 0.5) is 28.9 Å². The maximum absolute atomic E-state index is 15.7. The Labute approximate surface area is 248 Å². The van der Waals surface area contributed by atoms with Crippen molar-refractivity contribution in [2.45, 2.75) is 38.1 Å². The molecule has 2 aliphatic rings. The fraction of sp³-hybridized carbons (Fsp3) is 0.379. The highest BCUT2D eigenvalue weighted by molar-refractivity contribution is 6.06. The number of nitrogens with two attached hydrogens (primary N) is 1. The number of anilines is 2. The SMILES string of the molecule is C[C@@H]1C[C@H](N)CN(c2ccncc2NC(=O)c2ccc(F)c(-c3c(F)cc(C4CCOCC4)cc3F)c2F)C1.Cl.Cl. The molecule has 0 unspecified atom stereocenters. The number of hydrogen-bond donors (Lipinski definition) is 2. The zero-order valence-electron chi connectivity index (χ0n) is 22.3. The fourth-order valence-electron chi connectivity index (χ4n) is 5.60. The summed E-state index contributed by atoms with van der Waals surface area (Å²) in [5.74, 6) is -5.44. The third-order valence-corrected chi connectivity index (χ3v) is 7.42. The number of hydrogen-bond acceptors (Lipinski definition) is 5. The molecular weight excluding hydrogens is 583 g/mol. The Morgan fingerprint density at radius 1 is 1.00 bits per heavy atom. The summed E-state index contributed by atoms with van der Waals surface area (Å²) in [5.41, 5.74) is 5.21. The highest BCUT2D eigenvalue weighted by atomic mass is 35.5. The quantitative estimate of drug-likeness (QED) is 0.322. The van der Waals surface area contributed by atoms with Gasteiger partial charge in [-0.1, -0.05) is 6.92 Å². The number of benzene rings is 2. The number of carbonyl (C=O) groups excluding carboxylic acids is 1. The number of nitrogens with zero attached hydrogens (tertiary/aromatic N) is 2. The first-order valence-corrected chi connectivity index (χ1v) is 13.0. The Morgan fingerprint density at radius 2 is 1.68 bits per heavy atom. The molecule has 12 heteroatoms. The predicted octanol–water partition coefficient (Wildman–Crippen LogP) is 6.47. The van der Waals surface area contributed by atoms with Gasteiger partial charge in [0.05, 0.1) is 34.3 Å². The summed E-state index contributed by atoms with van der Waals surface area (Å²) in [6.45, 7) is 4.29. The van der Waals surface area contributed by atoms with E-state index < -0.39 is 45.9 Å². The van der Waals surface area contributed by atoms with Gasteiger partial charge in [0.1, 0.15) is 23.3 Å². The molecule has 6 nitrogen and oxygen atoms in total. The molecule has 1 amide bonds. The number of ether oxygens (including phenoxy) is 1. The second kappa shape index (κ2) is 13.8. The number of nitrogens with one attached hydrogen (secondary N) is 1. The number of halogens is 6. The van der Waals surface area contributed by atoms with E-state index in [1.165, 1.54) is 6.20 Å². The fourth-order valence-corrected chi connectivity index (χ4v) is 5.60. The molecule has 41 heavy (non-hydrogen) atoms. The normalized spacial score (nSPS) is 19.2. The van der Waals surface area contributed by atoms with Crippen LogP contribution in [0, 0.1) is 29.2 Å². The van der Waals surface area contributed by atoms with Gasteiger partial charge in [0.15, 0.2) is 0 Å². The molecule has 3 aromatic rings. The molecule has 0 radical (unpaired) electrons. The van der Waals surface area contributed by atoms with Gasteiger partial charge in [-0.25, -0.2) is 17.6 Å². The van der Waals surface area contributed by atoms with Gasteiger partial charge in [-0.3, -0.25) is 9.78 Å². The lowest BCUT2D eigenvalue weighted by atomic mass is 9.89. The first kappa shape index (κ1) is 32.6. The Morgan fingerprint density at radius 3 is 2.34 bits per heavy atom. The maximum atomic E-state index is 15.7. The average molecular weight is 615 g/mol. The van der Waals surface area contributed by atoms with Crippen LogP contribution in [0.25, 0.3) is 11.1 Å². The lowest BCUT2D eigenvalue weighted by Gasteiger charge is -2.37. The standard InChI is InChI=1S/C29H30F4N4O2.2ClH/c1-16-10-19(34)15-37(14-16)25-4-7-35-13-24(25)36-29(38)20-2-3-21(30)27(28(20)33)26-22(31)11-18(12-23(26)32)17-5-8-39-9-6-17;;/h2-4,7,11-13,16-17,19H,5-6,8-10,14-15,34H2,1H3,(H,36,38);2*1H/t16-,19+;;/m1../s1. The summed E-state index contributed by atoms with van der Waals surface area (Å²) in [5, 5.41) is 2.63. The Hall–Kier alpha value is -2.92. The molecule has 2 aliphatic heterocycles. The Balaban J connectivity index is 0.00000231. The van der Waals surface area contributed by atoms with E-state index in [9.17, 15) is 9.18 Å². The molecule has 222 valence electrons. The van der Waals surface area contributed by atoms with E-state index in [4.69, 9.17) is 10.5 Å². The van der Waals surface area contributed by atoms with E-state index in [-0.39, 0.29) is 36.8 Å². The molecule has 0 spiro atoms. The van der Waals surface area contributed by atoms with Crippen molar-refractivity contribution in [1.29, 1.82) is 0 Å². The van der Waals surface area contributed by atoms with E-state index in [1.807, 2.05) is 4.90 Å². The van der Waals surface area contributed by atoms with Crippen LogP contribution in [0.5, 0.6) is 0 Å². The van der Waals surface area contributed by atoms with Crippen molar-refractivity contribution in [2.24, 2.45) is 11.7 Å². The van der Waals surface area contributed by atoms with Crippen molar-refractivity contribution in [3.05, 3.63) is 77.1 Å². The van der Waals surface area contributed by atoms with Crippen LogP contribution in [0.1, 0.15) is 48.0 Å². The summed E-state index contributed by atoms with van der Waals surface area (Å²) in [6.07, 6.45) is 5.05. The topological polar surface area (TPSA) is 80.5 Å². The lowest BCUT2D eigenvalue weighted by Crippen LogP contribution is -2.46. The first-order chi connectivity index (χ1) is 18.7. The van der Waals surface area contributed by atoms with Gasteiger partial charge in [-0.15, -0.1) is 24.8 Å². The zero-order valence-corrected chi connectivity index (χ0v) is 24.0. The van der Waals surface area contributed by atoms with Crippen LogP contribution in [0.3, 0.4) is 0 Å². The molecule has 2 fully saturated rings. The Kier molecular flexibility index (Phi) is 11.0. The number of piperidine rings is 1. The number of aromatic nitrogens is 1. The minimum Gasteiger partial charge on any atom is -0.381 e. The second-order valence-corrected chi connectivity index (χ2v) is 10.4. The minimum absolute atomic E-state index is 0. The monoisotopic (exact) mass is 614 g/mol. The van der Waals surface area contributed by atoms with Gasteiger partial charge >= 0.3 is 0 Å². The molecule has 0 bridgehead atoms. The largest absolute Gasteiger partial charge is 0.381 e. The van der Waals surface area contributed by atoms with E-state index in [0.29, 0.717) is 62.0 Å². The molecule has 2 aromatic carbocycles.